The van der Waals surface area contributed by atoms with Crippen molar-refractivity contribution in [2.24, 2.45) is 0 Å². The molecule has 2 heterocycles. The van der Waals surface area contributed by atoms with Gasteiger partial charge in [0, 0.05) is 16.8 Å². The van der Waals surface area contributed by atoms with Gasteiger partial charge in [0.15, 0.2) is 6.61 Å². The number of nitrogens with zero attached hydrogens (tertiary/aromatic N) is 1. The molecule has 154 valence electrons. The van der Waals surface area contributed by atoms with Crippen molar-refractivity contribution in [3.05, 3.63) is 76.7 Å². The van der Waals surface area contributed by atoms with Crippen molar-refractivity contribution in [3.63, 3.8) is 0 Å². The summed E-state index contributed by atoms with van der Waals surface area (Å²) < 4.78 is 9.98. The first-order valence-electron chi connectivity index (χ1n) is 9.08. The minimum absolute atomic E-state index is 0.214. The fourth-order valence-corrected chi connectivity index (χ4v) is 3.84. The fraction of sp³-hybridized carbons (Fsp3) is 0.182. The molecule has 0 amide bonds. The predicted molar refractivity (Wildman–Crippen MR) is 111 cm³/mol. The Labute approximate surface area is 177 Å². The minimum atomic E-state index is -0.649. The molecular formula is C22H20N2O5S. The lowest BCUT2D eigenvalue weighted by Gasteiger charge is -2.08. The Morgan fingerprint density at radius 2 is 1.77 bits per heavy atom. The van der Waals surface area contributed by atoms with Crippen LogP contribution in [0.3, 0.4) is 0 Å². The number of aryl methyl sites for hydroxylation is 1. The summed E-state index contributed by atoms with van der Waals surface area (Å²) in [5.41, 5.74) is 1.77. The Morgan fingerprint density at radius 1 is 1.03 bits per heavy atom. The lowest BCUT2D eigenvalue weighted by atomic mass is 10.1. The number of ketones is 1. The van der Waals surface area contributed by atoms with Crippen molar-refractivity contribution in [2.45, 2.75) is 23.8 Å². The van der Waals surface area contributed by atoms with Gasteiger partial charge in [-0.3, -0.25) is 4.79 Å². The van der Waals surface area contributed by atoms with Crippen LogP contribution < -0.4 is 0 Å². The lowest BCUT2D eigenvalue weighted by molar-refractivity contribution is 0.0468. The van der Waals surface area contributed by atoms with E-state index in [9.17, 15) is 14.4 Å². The lowest BCUT2D eigenvalue weighted by Crippen LogP contribution is -2.16. The number of benzene rings is 1. The molecule has 0 aliphatic heterocycles. The zero-order valence-electron chi connectivity index (χ0n) is 16.7. The van der Waals surface area contributed by atoms with Crippen LogP contribution in [0.1, 0.15) is 42.5 Å². The normalized spacial score (nSPS) is 10.5. The third-order valence-corrected chi connectivity index (χ3v) is 5.42. The van der Waals surface area contributed by atoms with Crippen LogP contribution in [0, 0.1) is 13.8 Å². The summed E-state index contributed by atoms with van der Waals surface area (Å²) in [6, 6.07) is 12.7. The van der Waals surface area contributed by atoms with Crippen LogP contribution in [0.4, 0.5) is 0 Å². The number of H-pyrrole nitrogens is 1. The minimum Gasteiger partial charge on any atom is -0.465 e. The number of aromatic nitrogens is 2. The average molecular weight is 424 g/mol. The molecule has 0 unspecified atom stereocenters. The van der Waals surface area contributed by atoms with Gasteiger partial charge < -0.3 is 14.5 Å². The standard InChI is InChI=1S/C22H20N2O5S/c1-13-18(22(27)28-3)14(2)24-19(13)17(25)12-29-21(26)16-10-7-11-23-20(16)30-15-8-5-4-6-9-15/h4-11,24H,12H2,1-3H3. The number of Topliss-reactive ketones (excluding diaryl/α,β-unsaturated/α-hetero) is 1. The highest BCUT2D eigenvalue weighted by molar-refractivity contribution is 7.99. The highest BCUT2D eigenvalue weighted by Gasteiger charge is 2.24. The first-order chi connectivity index (χ1) is 14.4. The van der Waals surface area contributed by atoms with Gasteiger partial charge in [-0.2, -0.15) is 0 Å². The van der Waals surface area contributed by atoms with Gasteiger partial charge in [0.05, 0.1) is 23.9 Å². The number of ether oxygens (including phenoxy) is 2. The maximum atomic E-state index is 12.6. The van der Waals surface area contributed by atoms with E-state index < -0.39 is 24.3 Å². The molecule has 0 aliphatic carbocycles. The third-order valence-electron chi connectivity index (χ3n) is 4.39. The van der Waals surface area contributed by atoms with Crippen molar-refractivity contribution < 1.29 is 23.9 Å². The van der Waals surface area contributed by atoms with Crippen molar-refractivity contribution in [1.82, 2.24) is 9.97 Å². The van der Waals surface area contributed by atoms with Gasteiger partial charge in [-0.05, 0) is 43.7 Å². The van der Waals surface area contributed by atoms with Crippen molar-refractivity contribution in [1.29, 1.82) is 0 Å². The first kappa shape index (κ1) is 21.3. The van der Waals surface area contributed by atoms with Crippen LogP contribution in [0.2, 0.25) is 0 Å². The molecule has 0 fully saturated rings. The number of hydrogen-bond donors (Lipinski definition) is 1. The van der Waals surface area contributed by atoms with Gasteiger partial charge in [-0.25, -0.2) is 14.6 Å². The van der Waals surface area contributed by atoms with E-state index in [4.69, 9.17) is 9.47 Å². The van der Waals surface area contributed by atoms with E-state index in [2.05, 4.69) is 9.97 Å². The number of methoxy groups -OCH3 is 1. The molecule has 8 heteroatoms. The fourth-order valence-electron chi connectivity index (χ4n) is 2.95. The SMILES string of the molecule is COC(=O)c1c(C)[nH]c(C(=O)COC(=O)c2cccnc2Sc2ccccc2)c1C. The summed E-state index contributed by atoms with van der Waals surface area (Å²) in [4.78, 5) is 45.1. The molecule has 1 aromatic carbocycles. The Hall–Kier alpha value is -3.39. The van der Waals surface area contributed by atoms with E-state index in [1.54, 1.807) is 32.2 Å². The van der Waals surface area contributed by atoms with Gasteiger partial charge in [0.25, 0.3) is 0 Å². The largest absolute Gasteiger partial charge is 0.465 e. The van der Waals surface area contributed by atoms with Gasteiger partial charge in [0.1, 0.15) is 5.03 Å². The topological polar surface area (TPSA) is 98.4 Å². The molecule has 3 rings (SSSR count). The van der Waals surface area contributed by atoms with E-state index in [-0.39, 0.29) is 11.3 Å². The number of carbonyl (C=O) groups excluding carboxylic acids is 3. The van der Waals surface area contributed by atoms with E-state index >= 15 is 0 Å². The quantitative estimate of drug-likeness (QED) is 0.452. The van der Waals surface area contributed by atoms with Gasteiger partial charge in [0.2, 0.25) is 5.78 Å². The highest BCUT2D eigenvalue weighted by atomic mass is 32.2. The van der Waals surface area contributed by atoms with E-state index in [1.165, 1.54) is 18.9 Å². The van der Waals surface area contributed by atoms with Crippen molar-refractivity contribution in [2.75, 3.05) is 13.7 Å². The number of carbonyl (C=O) groups is 3. The highest BCUT2D eigenvalue weighted by Crippen LogP contribution is 2.28. The van der Waals surface area contributed by atoms with Gasteiger partial charge in [-0.15, -0.1) is 0 Å². The predicted octanol–water partition coefficient (Wildman–Crippen LogP) is 4.00. The van der Waals surface area contributed by atoms with Crippen LogP contribution in [-0.4, -0.2) is 41.4 Å². The maximum Gasteiger partial charge on any atom is 0.341 e. The second-order valence-electron chi connectivity index (χ2n) is 6.39. The average Bonchev–Trinajstić information content (AvgIpc) is 3.06. The zero-order chi connectivity index (χ0) is 21.7. The summed E-state index contributed by atoms with van der Waals surface area (Å²) >= 11 is 1.33. The molecule has 7 nitrogen and oxygen atoms in total. The summed E-state index contributed by atoms with van der Waals surface area (Å²) in [6.45, 7) is 2.84. The number of nitrogens with one attached hydrogen (secondary N) is 1. The molecule has 0 radical (unpaired) electrons. The van der Waals surface area contributed by atoms with Gasteiger partial charge >= 0.3 is 11.9 Å². The smallest absolute Gasteiger partial charge is 0.341 e. The summed E-state index contributed by atoms with van der Waals surface area (Å²) in [7, 11) is 1.27. The number of rotatable bonds is 7. The Balaban J connectivity index is 1.72. The molecule has 0 aliphatic rings. The number of pyridine rings is 1. The summed E-state index contributed by atoms with van der Waals surface area (Å²) in [6.07, 6.45) is 1.59. The molecule has 0 atom stereocenters. The Morgan fingerprint density at radius 3 is 2.47 bits per heavy atom. The van der Waals surface area contributed by atoms with Crippen LogP contribution in [0.5, 0.6) is 0 Å². The molecule has 0 spiro atoms. The second kappa shape index (κ2) is 9.41. The van der Waals surface area contributed by atoms with Crippen LogP contribution >= 0.6 is 11.8 Å². The molecule has 3 aromatic rings. The van der Waals surface area contributed by atoms with Crippen molar-refractivity contribution in [3.8, 4) is 0 Å². The maximum absolute atomic E-state index is 12.6. The molecule has 2 aromatic heterocycles. The Bertz CT molecular complexity index is 1090. The second-order valence-corrected chi connectivity index (χ2v) is 7.45. The molecule has 0 saturated carbocycles. The van der Waals surface area contributed by atoms with Crippen molar-refractivity contribution >= 4 is 29.5 Å². The monoisotopic (exact) mass is 424 g/mol. The van der Waals surface area contributed by atoms with Gasteiger partial charge in [-0.1, -0.05) is 30.0 Å². The first-order valence-corrected chi connectivity index (χ1v) is 9.89. The number of esters is 2. The number of hydrogen-bond acceptors (Lipinski definition) is 7. The third kappa shape index (κ3) is 4.60. The van der Waals surface area contributed by atoms with E-state index in [1.807, 2.05) is 30.3 Å². The molecular weight excluding hydrogens is 404 g/mol. The molecule has 1 N–H and O–H groups in total. The van der Waals surface area contributed by atoms with Crippen LogP contribution in [-0.2, 0) is 9.47 Å². The van der Waals surface area contributed by atoms with Crippen LogP contribution in [0.25, 0.3) is 0 Å². The zero-order valence-corrected chi connectivity index (χ0v) is 17.5. The van der Waals surface area contributed by atoms with E-state index in [0.29, 0.717) is 21.8 Å². The summed E-state index contributed by atoms with van der Waals surface area (Å²) in [5, 5.41) is 0.487. The number of aromatic amines is 1. The molecule has 0 bridgehead atoms. The molecule has 30 heavy (non-hydrogen) atoms. The van der Waals surface area contributed by atoms with Crippen LogP contribution in [0.15, 0.2) is 58.6 Å². The Kier molecular flexibility index (Phi) is 6.68. The van der Waals surface area contributed by atoms with E-state index in [0.717, 1.165) is 4.90 Å². The molecule has 0 saturated heterocycles. The summed E-state index contributed by atoms with van der Waals surface area (Å²) in [5.74, 6) is -1.63.